The van der Waals surface area contributed by atoms with Gasteiger partial charge in [0.25, 0.3) is 0 Å². The van der Waals surface area contributed by atoms with Crippen LogP contribution in [0.4, 0.5) is 0 Å². The molecule has 0 aromatic carbocycles. The summed E-state index contributed by atoms with van der Waals surface area (Å²) in [5.74, 6) is 0. The first-order valence-electron chi connectivity index (χ1n) is 3.60. The van der Waals surface area contributed by atoms with Crippen LogP contribution in [0.25, 0.3) is 0 Å². The molecule has 1 fully saturated rings. The average molecular weight is 251 g/mol. The topological polar surface area (TPSA) is 72.8 Å². The molecule has 0 aliphatic carbocycles. The normalized spacial score (nSPS) is 29.5. The standard InChI is InChI=1S/C5H12ClO5PS/c1-5(2)3-10-12(6,11-4-5)13(7,8)9/h12H,3-4H2,1-2H3,(H,7,8,9). The molecule has 8 heteroatoms. The van der Waals surface area contributed by atoms with Crippen molar-refractivity contribution in [2.45, 2.75) is 13.8 Å². The molecule has 80 valence electrons. The molecule has 1 aliphatic rings. The van der Waals surface area contributed by atoms with Crippen LogP contribution in [0.3, 0.4) is 0 Å². The van der Waals surface area contributed by atoms with Gasteiger partial charge in [-0.25, -0.2) is 0 Å². The van der Waals surface area contributed by atoms with Gasteiger partial charge in [-0.1, -0.05) is 0 Å². The van der Waals surface area contributed by atoms with Gasteiger partial charge in [-0.15, -0.1) is 0 Å². The van der Waals surface area contributed by atoms with Gasteiger partial charge in [0, 0.05) is 0 Å². The summed E-state index contributed by atoms with van der Waals surface area (Å²) < 4.78 is 40.0. The summed E-state index contributed by atoms with van der Waals surface area (Å²) >= 11 is 5.53. The summed E-state index contributed by atoms with van der Waals surface area (Å²) in [7, 11) is -4.42. The molecule has 0 amide bonds. The third-order valence-electron chi connectivity index (χ3n) is 1.58. The van der Waals surface area contributed by atoms with Crippen molar-refractivity contribution in [1.82, 2.24) is 0 Å². The van der Waals surface area contributed by atoms with Crippen molar-refractivity contribution in [1.29, 1.82) is 0 Å². The summed E-state index contributed by atoms with van der Waals surface area (Å²) in [6.07, 6.45) is -3.93. The fourth-order valence-corrected chi connectivity index (χ4v) is 3.88. The Labute approximate surface area is 82.2 Å². The van der Waals surface area contributed by atoms with Crippen LogP contribution >= 0.6 is 17.5 Å². The maximum absolute atomic E-state index is 10.8. The fourth-order valence-electron chi connectivity index (χ4n) is 0.795. The zero-order valence-electron chi connectivity index (χ0n) is 7.28. The second kappa shape index (κ2) is 3.29. The Morgan fingerprint density at radius 2 is 1.77 bits per heavy atom. The van der Waals surface area contributed by atoms with Crippen molar-refractivity contribution in [3.8, 4) is 0 Å². The van der Waals surface area contributed by atoms with Gasteiger partial charge in [-0.2, -0.15) is 0 Å². The van der Waals surface area contributed by atoms with Crippen molar-refractivity contribution in [3.63, 3.8) is 0 Å². The molecule has 0 bridgehead atoms. The van der Waals surface area contributed by atoms with E-state index in [1.165, 1.54) is 0 Å². The van der Waals surface area contributed by atoms with E-state index in [-0.39, 0.29) is 18.6 Å². The molecule has 1 N–H and O–H groups in total. The molecule has 1 saturated heterocycles. The van der Waals surface area contributed by atoms with Crippen molar-refractivity contribution >= 4 is 27.2 Å². The third kappa shape index (κ3) is 2.52. The minimum absolute atomic E-state index is 0.169. The van der Waals surface area contributed by atoms with Gasteiger partial charge in [-0.3, -0.25) is 0 Å². The predicted molar refractivity (Wildman–Crippen MR) is 51.4 cm³/mol. The Bertz CT molecular complexity index is 290. The Hall–Kier alpha value is 0.550. The Balaban J connectivity index is 2.79. The summed E-state index contributed by atoms with van der Waals surface area (Å²) in [5, 5.41) is 0. The van der Waals surface area contributed by atoms with Crippen LogP contribution in [0.1, 0.15) is 13.8 Å². The van der Waals surface area contributed by atoms with E-state index in [2.05, 4.69) is 0 Å². The Morgan fingerprint density at radius 1 is 1.38 bits per heavy atom. The monoisotopic (exact) mass is 250 g/mol. The molecule has 1 rings (SSSR count). The maximum atomic E-state index is 10.8. The molecule has 0 radical (unpaired) electrons. The van der Waals surface area contributed by atoms with Crippen molar-refractivity contribution in [2.75, 3.05) is 13.2 Å². The van der Waals surface area contributed by atoms with Gasteiger partial charge in [-0.05, 0) is 0 Å². The summed E-state index contributed by atoms with van der Waals surface area (Å²) in [4.78, 5) is 0. The first-order valence-corrected chi connectivity index (χ1v) is 8.59. The van der Waals surface area contributed by atoms with E-state index in [4.69, 9.17) is 24.8 Å². The zero-order valence-corrected chi connectivity index (χ0v) is 9.85. The van der Waals surface area contributed by atoms with Crippen molar-refractivity contribution in [2.24, 2.45) is 5.41 Å². The van der Waals surface area contributed by atoms with Gasteiger partial charge < -0.3 is 0 Å². The molecule has 0 spiro atoms. The molecule has 1 heterocycles. The Morgan fingerprint density at radius 3 is 2.08 bits per heavy atom. The van der Waals surface area contributed by atoms with Gasteiger partial charge >= 0.3 is 81.7 Å². The summed E-state index contributed by atoms with van der Waals surface area (Å²) in [5.41, 5.74) is -0.268. The average Bonchev–Trinajstić information content (AvgIpc) is 1.94. The second-order valence-corrected chi connectivity index (χ2v) is 11.5. The fraction of sp³-hybridized carbons (Fsp3) is 1.00. The Kier molecular flexibility index (Phi) is 2.94. The SMILES string of the molecule is CC1(C)CO[PH](Cl)(S(=O)(=O)O)OC1. The third-order valence-corrected chi connectivity index (χ3v) is 8.14. The van der Waals surface area contributed by atoms with E-state index in [0.717, 1.165) is 0 Å². The van der Waals surface area contributed by atoms with Crippen LogP contribution in [-0.2, 0) is 18.8 Å². The second-order valence-electron chi connectivity index (χ2n) is 3.70. The minimum atomic E-state index is -4.42. The van der Waals surface area contributed by atoms with Crippen LogP contribution in [-0.4, -0.2) is 26.2 Å². The number of rotatable bonds is 1. The van der Waals surface area contributed by atoms with Crippen LogP contribution in [0.15, 0.2) is 0 Å². The van der Waals surface area contributed by atoms with Crippen LogP contribution in [0, 0.1) is 5.41 Å². The summed E-state index contributed by atoms with van der Waals surface area (Å²) in [6, 6.07) is 0. The van der Waals surface area contributed by atoms with Crippen LogP contribution in [0.2, 0.25) is 0 Å². The van der Waals surface area contributed by atoms with E-state index in [1.807, 2.05) is 13.8 Å². The molecule has 13 heavy (non-hydrogen) atoms. The van der Waals surface area contributed by atoms with Crippen LogP contribution in [0.5, 0.6) is 0 Å². The van der Waals surface area contributed by atoms with E-state index < -0.39 is 16.0 Å². The van der Waals surface area contributed by atoms with E-state index in [9.17, 15) is 8.42 Å². The molecule has 1 aliphatic heterocycles. The first-order chi connectivity index (χ1) is 5.66. The van der Waals surface area contributed by atoms with Crippen molar-refractivity contribution in [3.05, 3.63) is 0 Å². The number of hydrogen-bond donors (Lipinski definition) is 1. The molecule has 0 saturated carbocycles. The van der Waals surface area contributed by atoms with Crippen LogP contribution < -0.4 is 0 Å². The van der Waals surface area contributed by atoms with E-state index in [0.29, 0.717) is 0 Å². The van der Waals surface area contributed by atoms with E-state index in [1.54, 1.807) is 0 Å². The predicted octanol–water partition coefficient (Wildman–Crippen LogP) is 1.60. The molecular formula is C5H12ClO5PS. The van der Waals surface area contributed by atoms with E-state index >= 15 is 0 Å². The first kappa shape index (κ1) is 11.6. The molecule has 0 aromatic rings. The van der Waals surface area contributed by atoms with Gasteiger partial charge in [0.1, 0.15) is 0 Å². The van der Waals surface area contributed by atoms with Gasteiger partial charge in [0.15, 0.2) is 0 Å². The molecule has 0 atom stereocenters. The molecule has 0 aromatic heterocycles. The number of hydrogen-bond acceptors (Lipinski definition) is 4. The number of halogens is 1. The van der Waals surface area contributed by atoms with Gasteiger partial charge in [0.05, 0.1) is 0 Å². The quantitative estimate of drug-likeness (QED) is 0.565. The van der Waals surface area contributed by atoms with Gasteiger partial charge in [0.2, 0.25) is 0 Å². The van der Waals surface area contributed by atoms with Crippen molar-refractivity contribution < 1.29 is 22.0 Å². The molecule has 0 unspecified atom stereocenters. The molecule has 5 nitrogen and oxygen atoms in total. The molecular weight excluding hydrogens is 239 g/mol. The summed E-state index contributed by atoms with van der Waals surface area (Å²) in [6.45, 7) is 4.04. The zero-order chi connectivity index (χ0) is 10.3.